The average Bonchev–Trinajstić information content (AvgIpc) is 2.89. The van der Waals surface area contributed by atoms with E-state index in [0.29, 0.717) is 5.57 Å². The molecule has 1 aliphatic rings. The van der Waals surface area contributed by atoms with E-state index < -0.39 is 29.6 Å². The smallest absolute Gasteiger partial charge is 0.334 e. The number of ether oxygens (including phenoxy) is 3. The molecule has 1 heterocycles. The summed E-state index contributed by atoms with van der Waals surface area (Å²) >= 11 is 0. The van der Waals surface area contributed by atoms with E-state index in [1.54, 1.807) is 46.1 Å². The van der Waals surface area contributed by atoms with Crippen molar-refractivity contribution >= 4 is 18.0 Å². The Morgan fingerprint density at radius 1 is 1.32 bits per heavy atom. The molecular formula is C19H24O6. The van der Waals surface area contributed by atoms with Crippen LogP contribution in [0.15, 0.2) is 29.8 Å². The van der Waals surface area contributed by atoms with Gasteiger partial charge in [0.25, 0.3) is 0 Å². The van der Waals surface area contributed by atoms with Crippen LogP contribution in [0, 0.1) is 5.41 Å². The standard InChI is InChI=1S/C19H24O6/c1-18(2,3)17(22)24-12-19(11-20)10-14(16(21)25-19)9-13-5-7-15(23-4)8-6-13/h5-9,20H,10-12H2,1-4H3/b14-9+. The van der Waals surface area contributed by atoms with Crippen molar-refractivity contribution in [2.24, 2.45) is 5.41 Å². The number of carbonyl (C=O) groups is 2. The van der Waals surface area contributed by atoms with Crippen molar-refractivity contribution in [1.82, 2.24) is 0 Å². The highest BCUT2D eigenvalue weighted by atomic mass is 16.6. The van der Waals surface area contributed by atoms with Gasteiger partial charge in [0.2, 0.25) is 0 Å². The molecule has 1 aliphatic heterocycles. The van der Waals surface area contributed by atoms with Gasteiger partial charge in [-0.3, -0.25) is 4.79 Å². The number of carbonyl (C=O) groups excluding carboxylic acids is 2. The van der Waals surface area contributed by atoms with Crippen LogP contribution in [-0.4, -0.2) is 43.0 Å². The largest absolute Gasteiger partial charge is 0.497 e. The van der Waals surface area contributed by atoms with Crippen molar-refractivity contribution in [2.45, 2.75) is 32.8 Å². The van der Waals surface area contributed by atoms with Gasteiger partial charge >= 0.3 is 11.9 Å². The van der Waals surface area contributed by atoms with Gasteiger partial charge in [-0.1, -0.05) is 12.1 Å². The predicted octanol–water partition coefficient (Wildman–Crippen LogP) is 2.35. The maximum absolute atomic E-state index is 12.2. The molecule has 0 aliphatic carbocycles. The first-order valence-electron chi connectivity index (χ1n) is 8.05. The third-order valence-electron chi connectivity index (χ3n) is 3.91. The molecular weight excluding hydrogens is 324 g/mol. The van der Waals surface area contributed by atoms with Crippen LogP contribution in [0.25, 0.3) is 6.08 Å². The Labute approximate surface area is 147 Å². The summed E-state index contributed by atoms with van der Waals surface area (Å²) in [5.74, 6) is -0.212. The average molecular weight is 348 g/mol. The lowest BCUT2D eigenvalue weighted by molar-refractivity contribution is -0.171. The van der Waals surface area contributed by atoms with E-state index >= 15 is 0 Å². The van der Waals surface area contributed by atoms with Gasteiger partial charge in [-0.15, -0.1) is 0 Å². The molecule has 0 spiro atoms. The van der Waals surface area contributed by atoms with Crippen LogP contribution in [0.4, 0.5) is 0 Å². The van der Waals surface area contributed by atoms with Crippen LogP contribution >= 0.6 is 0 Å². The summed E-state index contributed by atoms with van der Waals surface area (Å²) in [6.07, 6.45) is 1.87. The fraction of sp³-hybridized carbons (Fsp3) is 0.474. The molecule has 0 saturated carbocycles. The number of rotatable bonds is 5. The highest BCUT2D eigenvalue weighted by Crippen LogP contribution is 2.33. The minimum atomic E-state index is -1.23. The number of aliphatic hydroxyl groups excluding tert-OH is 1. The minimum absolute atomic E-state index is 0.172. The van der Waals surface area contributed by atoms with Gasteiger partial charge in [0.1, 0.15) is 12.4 Å². The Hall–Kier alpha value is -2.34. The predicted molar refractivity (Wildman–Crippen MR) is 91.9 cm³/mol. The zero-order chi connectivity index (χ0) is 18.7. The summed E-state index contributed by atoms with van der Waals surface area (Å²) < 4.78 is 15.7. The van der Waals surface area contributed by atoms with Gasteiger partial charge in [-0.2, -0.15) is 0 Å². The van der Waals surface area contributed by atoms with Crippen LogP contribution in [-0.2, 0) is 19.1 Å². The number of methoxy groups -OCH3 is 1. The Bertz CT molecular complexity index is 668. The molecule has 6 nitrogen and oxygen atoms in total. The first kappa shape index (κ1) is 19.0. The Balaban J connectivity index is 2.12. The maximum Gasteiger partial charge on any atom is 0.334 e. The van der Waals surface area contributed by atoms with Gasteiger partial charge in [-0.05, 0) is 44.5 Å². The molecule has 2 rings (SSSR count). The van der Waals surface area contributed by atoms with Gasteiger partial charge in [0, 0.05) is 12.0 Å². The molecule has 1 atom stereocenters. The SMILES string of the molecule is COc1ccc(/C=C2\CC(CO)(COC(=O)C(C)(C)C)OC2=O)cc1. The zero-order valence-corrected chi connectivity index (χ0v) is 15.0. The number of benzene rings is 1. The lowest BCUT2D eigenvalue weighted by Gasteiger charge is -2.26. The fourth-order valence-corrected chi connectivity index (χ4v) is 2.36. The van der Waals surface area contributed by atoms with Gasteiger partial charge < -0.3 is 19.3 Å². The van der Waals surface area contributed by atoms with Gasteiger partial charge in [0.05, 0.1) is 19.1 Å². The molecule has 1 saturated heterocycles. The first-order chi connectivity index (χ1) is 11.7. The lowest BCUT2D eigenvalue weighted by atomic mass is 9.96. The molecule has 1 fully saturated rings. The summed E-state index contributed by atoms with van der Waals surface area (Å²) in [6, 6.07) is 7.21. The Kier molecular flexibility index (Phi) is 5.52. The number of esters is 2. The summed E-state index contributed by atoms with van der Waals surface area (Å²) in [5.41, 5.74) is -0.656. The Morgan fingerprint density at radius 3 is 2.48 bits per heavy atom. The Morgan fingerprint density at radius 2 is 1.96 bits per heavy atom. The molecule has 25 heavy (non-hydrogen) atoms. The maximum atomic E-state index is 12.2. The van der Waals surface area contributed by atoms with Crippen molar-refractivity contribution in [2.75, 3.05) is 20.3 Å². The second kappa shape index (κ2) is 7.27. The number of hydrogen-bond donors (Lipinski definition) is 1. The molecule has 1 N–H and O–H groups in total. The molecule has 0 amide bonds. The molecule has 0 aromatic heterocycles. The molecule has 0 radical (unpaired) electrons. The van der Waals surface area contributed by atoms with Crippen molar-refractivity contribution in [3.63, 3.8) is 0 Å². The minimum Gasteiger partial charge on any atom is -0.497 e. The normalized spacial score (nSPS) is 22.0. The van der Waals surface area contributed by atoms with E-state index in [9.17, 15) is 14.7 Å². The zero-order valence-electron chi connectivity index (χ0n) is 15.0. The highest BCUT2D eigenvalue weighted by Gasteiger charge is 2.45. The molecule has 136 valence electrons. The third-order valence-corrected chi connectivity index (χ3v) is 3.91. The third kappa shape index (κ3) is 4.60. The van der Waals surface area contributed by atoms with Crippen LogP contribution in [0.1, 0.15) is 32.8 Å². The highest BCUT2D eigenvalue weighted by molar-refractivity contribution is 5.96. The van der Waals surface area contributed by atoms with Crippen LogP contribution < -0.4 is 4.74 Å². The van der Waals surface area contributed by atoms with E-state index in [-0.39, 0.29) is 13.0 Å². The lowest BCUT2D eigenvalue weighted by Crippen LogP contribution is -2.40. The fourth-order valence-electron chi connectivity index (χ4n) is 2.36. The summed E-state index contributed by atoms with van der Waals surface area (Å²) in [6.45, 7) is 4.60. The quantitative estimate of drug-likeness (QED) is 0.650. The van der Waals surface area contributed by atoms with E-state index in [4.69, 9.17) is 14.2 Å². The van der Waals surface area contributed by atoms with Crippen LogP contribution in [0.2, 0.25) is 0 Å². The molecule has 0 bridgehead atoms. The van der Waals surface area contributed by atoms with E-state index in [2.05, 4.69) is 0 Å². The van der Waals surface area contributed by atoms with Crippen molar-refractivity contribution in [1.29, 1.82) is 0 Å². The van der Waals surface area contributed by atoms with Crippen LogP contribution in [0.5, 0.6) is 5.75 Å². The van der Waals surface area contributed by atoms with Crippen molar-refractivity contribution in [3.05, 3.63) is 35.4 Å². The molecule has 1 aromatic carbocycles. The van der Waals surface area contributed by atoms with Crippen LogP contribution in [0.3, 0.4) is 0 Å². The molecule has 1 aromatic rings. The second-order valence-corrected chi connectivity index (χ2v) is 7.18. The van der Waals surface area contributed by atoms with E-state index in [1.807, 2.05) is 12.1 Å². The van der Waals surface area contributed by atoms with E-state index in [1.165, 1.54) is 0 Å². The summed E-state index contributed by atoms with van der Waals surface area (Å²) in [7, 11) is 1.58. The topological polar surface area (TPSA) is 82.1 Å². The summed E-state index contributed by atoms with van der Waals surface area (Å²) in [4.78, 5) is 24.1. The number of cyclic esters (lactones) is 1. The van der Waals surface area contributed by atoms with Crippen molar-refractivity contribution < 1.29 is 28.9 Å². The summed E-state index contributed by atoms with van der Waals surface area (Å²) in [5, 5.41) is 9.69. The van der Waals surface area contributed by atoms with Gasteiger partial charge in [-0.25, -0.2) is 4.79 Å². The number of aliphatic hydroxyl groups is 1. The molecule has 6 heteroatoms. The number of hydrogen-bond acceptors (Lipinski definition) is 6. The van der Waals surface area contributed by atoms with Crippen molar-refractivity contribution in [3.8, 4) is 5.75 Å². The second-order valence-electron chi connectivity index (χ2n) is 7.18. The van der Waals surface area contributed by atoms with Gasteiger partial charge in [0.15, 0.2) is 5.60 Å². The van der Waals surface area contributed by atoms with E-state index in [0.717, 1.165) is 11.3 Å². The molecule has 1 unspecified atom stereocenters. The monoisotopic (exact) mass is 348 g/mol. The first-order valence-corrected chi connectivity index (χ1v) is 8.05.